The van der Waals surface area contributed by atoms with E-state index in [1.165, 1.54) is 19.3 Å². The molecule has 1 aliphatic rings. The largest absolute Gasteiger partial charge is 0.352 e. The second kappa shape index (κ2) is 9.36. The molecule has 0 aliphatic carbocycles. The Kier molecular flexibility index (Phi) is 7.42. The van der Waals surface area contributed by atoms with E-state index < -0.39 is 6.04 Å². The number of aryl methyl sites for hydroxylation is 1. The fourth-order valence-electron chi connectivity index (χ4n) is 3.49. The van der Waals surface area contributed by atoms with Crippen LogP contribution < -0.4 is 10.6 Å². The molecule has 0 saturated carbocycles. The van der Waals surface area contributed by atoms with Crippen LogP contribution in [0.15, 0.2) is 24.3 Å². The van der Waals surface area contributed by atoms with Crippen molar-refractivity contribution in [3.8, 4) is 0 Å². The van der Waals surface area contributed by atoms with Crippen molar-refractivity contribution in [1.82, 2.24) is 15.5 Å². The molecule has 0 bridgehead atoms. The van der Waals surface area contributed by atoms with Gasteiger partial charge < -0.3 is 10.6 Å². The maximum Gasteiger partial charge on any atom is 0.251 e. The highest BCUT2D eigenvalue weighted by Gasteiger charge is 2.30. The molecular formula is C22H35N3O2. The van der Waals surface area contributed by atoms with Gasteiger partial charge in [-0.25, -0.2) is 0 Å². The molecule has 1 atom stereocenters. The van der Waals surface area contributed by atoms with E-state index in [0.29, 0.717) is 12.1 Å². The highest BCUT2D eigenvalue weighted by molar-refractivity contribution is 5.97. The first-order valence-corrected chi connectivity index (χ1v) is 10.1. The number of carbonyl (C=O) groups excluding carboxylic acids is 2. The second-order valence-electron chi connectivity index (χ2n) is 8.64. The number of carbonyl (C=O) groups is 2. The smallest absolute Gasteiger partial charge is 0.251 e. The van der Waals surface area contributed by atoms with Crippen molar-refractivity contribution >= 4 is 11.8 Å². The summed E-state index contributed by atoms with van der Waals surface area (Å²) in [5.74, 6) is -0.313. The number of nitrogens with zero attached hydrogens (tertiary/aromatic N) is 1. The van der Waals surface area contributed by atoms with Crippen molar-refractivity contribution in [2.75, 3.05) is 19.6 Å². The summed E-state index contributed by atoms with van der Waals surface area (Å²) in [4.78, 5) is 27.8. The van der Waals surface area contributed by atoms with Gasteiger partial charge in [-0.2, -0.15) is 0 Å². The molecule has 1 aromatic rings. The van der Waals surface area contributed by atoms with E-state index in [4.69, 9.17) is 0 Å². The van der Waals surface area contributed by atoms with E-state index in [-0.39, 0.29) is 23.3 Å². The molecular weight excluding hydrogens is 338 g/mol. The summed E-state index contributed by atoms with van der Waals surface area (Å²) in [5.41, 5.74) is 1.59. The van der Waals surface area contributed by atoms with Gasteiger partial charge in [0, 0.05) is 17.6 Å². The summed E-state index contributed by atoms with van der Waals surface area (Å²) in [6, 6.07) is 6.84. The zero-order valence-corrected chi connectivity index (χ0v) is 17.5. The van der Waals surface area contributed by atoms with Gasteiger partial charge in [-0.15, -0.1) is 0 Å². The number of hydrogen-bond acceptors (Lipinski definition) is 3. The molecule has 2 N–H and O–H groups in total. The molecule has 0 aromatic heterocycles. The minimum absolute atomic E-state index is 0.0116. The summed E-state index contributed by atoms with van der Waals surface area (Å²) in [6.07, 6.45) is 3.73. The van der Waals surface area contributed by atoms with Gasteiger partial charge in [0.15, 0.2) is 0 Å². The Morgan fingerprint density at radius 2 is 1.67 bits per heavy atom. The van der Waals surface area contributed by atoms with E-state index >= 15 is 0 Å². The average molecular weight is 374 g/mol. The molecule has 5 heteroatoms. The van der Waals surface area contributed by atoms with E-state index in [1.54, 1.807) is 12.1 Å². The van der Waals surface area contributed by atoms with Crippen LogP contribution in [0.1, 0.15) is 62.9 Å². The maximum atomic E-state index is 12.8. The van der Waals surface area contributed by atoms with Crippen molar-refractivity contribution in [1.29, 1.82) is 0 Å². The van der Waals surface area contributed by atoms with Gasteiger partial charge in [-0.3, -0.25) is 14.5 Å². The summed E-state index contributed by atoms with van der Waals surface area (Å²) in [6.45, 7) is 13.0. The van der Waals surface area contributed by atoms with Crippen molar-refractivity contribution < 1.29 is 9.59 Å². The molecule has 27 heavy (non-hydrogen) atoms. The zero-order chi connectivity index (χ0) is 20.0. The van der Waals surface area contributed by atoms with E-state index in [0.717, 1.165) is 18.7 Å². The van der Waals surface area contributed by atoms with Crippen LogP contribution in [0, 0.1) is 12.8 Å². The van der Waals surface area contributed by atoms with Gasteiger partial charge >= 0.3 is 0 Å². The van der Waals surface area contributed by atoms with Crippen LogP contribution in [0.5, 0.6) is 0 Å². The Hall–Kier alpha value is -1.88. The number of likely N-dealkylation sites (tertiary alicyclic amines) is 1. The van der Waals surface area contributed by atoms with Gasteiger partial charge in [0.1, 0.15) is 6.04 Å². The normalized spacial score (nSPS) is 16.8. The van der Waals surface area contributed by atoms with Crippen molar-refractivity contribution in [2.24, 2.45) is 5.92 Å². The van der Waals surface area contributed by atoms with E-state index in [2.05, 4.69) is 29.4 Å². The quantitative estimate of drug-likeness (QED) is 0.772. The SMILES string of the molecule is Cc1ccc(C(=O)NC(C(=O)NCC(C)(C)N2CCCCC2)C(C)C)cc1. The van der Waals surface area contributed by atoms with Crippen LogP contribution in [0.4, 0.5) is 0 Å². The summed E-state index contributed by atoms with van der Waals surface area (Å²) >= 11 is 0. The molecule has 1 saturated heterocycles. The third-order valence-electron chi connectivity index (χ3n) is 5.46. The van der Waals surface area contributed by atoms with Crippen molar-refractivity contribution in [3.63, 3.8) is 0 Å². The highest BCUT2D eigenvalue weighted by atomic mass is 16.2. The predicted octanol–water partition coefficient (Wildman–Crippen LogP) is 3.13. The molecule has 2 rings (SSSR count). The van der Waals surface area contributed by atoms with Crippen LogP contribution >= 0.6 is 0 Å². The number of benzene rings is 1. The lowest BCUT2D eigenvalue weighted by molar-refractivity contribution is -0.124. The summed E-state index contributed by atoms with van der Waals surface area (Å²) in [7, 11) is 0. The Morgan fingerprint density at radius 1 is 1.07 bits per heavy atom. The maximum absolute atomic E-state index is 12.8. The van der Waals surface area contributed by atoms with Gasteiger partial charge in [-0.05, 0) is 64.8 Å². The zero-order valence-electron chi connectivity index (χ0n) is 17.5. The van der Waals surface area contributed by atoms with E-state index in [9.17, 15) is 9.59 Å². The fraction of sp³-hybridized carbons (Fsp3) is 0.636. The van der Waals surface area contributed by atoms with Gasteiger partial charge in [-0.1, -0.05) is 38.0 Å². The van der Waals surface area contributed by atoms with Crippen LogP contribution in [0.3, 0.4) is 0 Å². The van der Waals surface area contributed by atoms with Gasteiger partial charge in [0.2, 0.25) is 5.91 Å². The number of nitrogens with one attached hydrogen (secondary N) is 2. The summed E-state index contributed by atoms with van der Waals surface area (Å²) in [5, 5.41) is 5.98. The summed E-state index contributed by atoms with van der Waals surface area (Å²) < 4.78 is 0. The minimum atomic E-state index is -0.545. The second-order valence-corrected chi connectivity index (χ2v) is 8.64. The van der Waals surface area contributed by atoms with Crippen molar-refractivity contribution in [3.05, 3.63) is 35.4 Å². The third-order valence-corrected chi connectivity index (χ3v) is 5.46. The minimum Gasteiger partial charge on any atom is -0.352 e. The molecule has 150 valence electrons. The molecule has 5 nitrogen and oxygen atoms in total. The first-order chi connectivity index (χ1) is 12.7. The Bertz CT molecular complexity index is 631. The first-order valence-electron chi connectivity index (χ1n) is 10.1. The van der Waals surface area contributed by atoms with E-state index in [1.807, 2.05) is 32.9 Å². The van der Waals surface area contributed by atoms with Gasteiger partial charge in [0.25, 0.3) is 5.91 Å². The van der Waals surface area contributed by atoms with Gasteiger partial charge in [0.05, 0.1) is 0 Å². The lowest BCUT2D eigenvalue weighted by atomic mass is 9.97. The lowest BCUT2D eigenvalue weighted by Gasteiger charge is -2.41. The predicted molar refractivity (Wildman–Crippen MR) is 110 cm³/mol. The fourth-order valence-corrected chi connectivity index (χ4v) is 3.49. The Morgan fingerprint density at radius 3 is 2.22 bits per heavy atom. The van der Waals surface area contributed by atoms with Crippen LogP contribution in [0.2, 0.25) is 0 Å². The van der Waals surface area contributed by atoms with Crippen LogP contribution in [0.25, 0.3) is 0 Å². The molecule has 2 amide bonds. The number of hydrogen-bond donors (Lipinski definition) is 2. The molecule has 0 spiro atoms. The number of rotatable bonds is 7. The molecule has 0 radical (unpaired) electrons. The third kappa shape index (κ3) is 6.06. The number of amides is 2. The Labute approximate surface area is 163 Å². The molecule has 1 fully saturated rings. The Balaban J connectivity index is 1.95. The number of piperidine rings is 1. The topological polar surface area (TPSA) is 61.4 Å². The lowest BCUT2D eigenvalue weighted by Crippen LogP contribution is -2.57. The first kappa shape index (κ1) is 21.4. The molecule has 1 heterocycles. The standard InChI is InChI=1S/C22H35N3O2/c1-16(2)19(24-20(26)18-11-9-17(3)10-12-18)21(27)23-15-22(4,5)25-13-7-6-8-14-25/h9-12,16,19H,6-8,13-15H2,1-5H3,(H,23,27)(H,24,26). The monoisotopic (exact) mass is 373 g/mol. The van der Waals surface area contributed by atoms with Crippen LogP contribution in [-0.2, 0) is 4.79 Å². The molecule has 1 aliphatic heterocycles. The molecule has 1 unspecified atom stereocenters. The highest BCUT2D eigenvalue weighted by Crippen LogP contribution is 2.20. The van der Waals surface area contributed by atoms with Crippen molar-refractivity contribution in [2.45, 2.75) is 65.5 Å². The van der Waals surface area contributed by atoms with Crippen LogP contribution in [-0.4, -0.2) is 47.9 Å². The average Bonchev–Trinajstić information content (AvgIpc) is 2.65. The molecule has 1 aromatic carbocycles.